The van der Waals surface area contributed by atoms with Gasteiger partial charge in [0, 0.05) is 32.6 Å². The molecule has 2 N–H and O–H groups in total. The van der Waals surface area contributed by atoms with E-state index in [1.807, 2.05) is 61.5 Å². The molecule has 7 nitrogen and oxygen atoms in total. The molecular formula is C23H27N3O4. The molecule has 1 heterocycles. The highest BCUT2D eigenvalue weighted by Crippen LogP contribution is 2.20. The second-order valence-corrected chi connectivity index (χ2v) is 7.40. The zero-order chi connectivity index (χ0) is 21.3. The van der Waals surface area contributed by atoms with E-state index < -0.39 is 0 Å². The number of ether oxygens (including phenoxy) is 1. The number of carbonyl (C=O) groups is 3. The van der Waals surface area contributed by atoms with Gasteiger partial charge in [-0.25, -0.2) is 0 Å². The molecule has 158 valence electrons. The first kappa shape index (κ1) is 21.4. The standard InChI is InChI=1S/C23H27N3O4/c1-17-7-9-20(10-8-17)30-16-21(27)24-11-12-25-23(29)19-13-22(28)26(15-19)14-18-5-3-2-4-6-18/h2-10,19H,11-16H2,1H3,(H,24,27)(H,25,29). The Morgan fingerprint density at radius 3 is 2.47 bits per heavy atom. The van der Waals surface area contributed by atoms with Gasteiger partial charge < -0.3 is 20.3 Å². The van der Waals surface area contributed by atoms with Gasteiger partial charge in [-0.1, -0.05) is 48.0 Å². The summed E-state index contributed by atoms with van der Waals surface area (Å²) in [6.45, 7) is 3.43. The fourth-order valence-electron chi connectivity index (χ4n) is 3.27. The lowest BCUT2D eigenvalue weighted by Crippen LogP contribution is -2.39. The van der Waals surface area contributed by atoms with Crippen LogP contribution in [0.2, 0.25) is 0 Å². The molecule has 0 radical (unpaired) electrons. The van der Waals surface area contributed by atoms with Crippen LogP contribution in [0.25, 0.3) is 0 Å². The Bertz CT molecular complexity index is 868. The minimum Gasteiger partial charge on any atom is -0.484 e. The molecule has 0 bridgehead atoms. The largest absolute Gasteiger partial charge is 0.484 e. The van der Waals surface area contributed by atoms with E-state index in [1.54, 1.807) is 4.90 Å². The van der Waals surface area contributed by atoms with E-state index in [2.05, 4.69) is 10.6 Å². The number of nitrogens with one attached hydrogen (secondary N) is 2. The molecule has 0 aromatic heterocycles. The van der Waals surface area contributed by atoms with Crippen molar-refractivity contribution in [3.63, 3.8) is 0 Å². The van der Waals surface area contributed by atoms with Crippen molar-refractivity contribution in [3.05, 3.63) is 65.7 Å². The van der Waals surface area contributed by atoms with Crippen molar-refractivity contribution in [1.29, 1.82) is 0 Å². The highest BCUT2D eigenvalue weighted by molar-refractivity contribution is 5.89. The Morgan fingerprint density at radius 2 is 1.73 bits per heavy atom. The number of aryl methyl sites for hydroxylation is 1. The fraction of sp³-hybridized carbons (Fsp3) is 0.348. The van der Waals surface area contributed by atoms with Crippen LogP contribution in [0.1, 0.15) is 17.5 Å². The van der Waals surface area contributed by atoms with Gasteiger partial charge in [0.05, 0.1) is 5.92 Å². The number of nitrogens with zero attached hydrogens (tertiary/aromatic N) is 1. The van der Waals surface area contributed by atoms with Crippen LogP contribution in [0, 0.1) is 12.8 Å². The van der Waals surface area contributed by atoms with Crippen LogP contribution in [0.15, 0.2) is 54.6 Å². The van der Waals surface area contributed by atoms with Crippen molar-refractivity contribution < 1.29 is 19.1 Å². The van der Waals surface area contributed by atoms with Gasteiger partial charge in [-0.05, 0) is 24.6 Å². The maximum absolute atomic E-state index is 12.3. The van der Waals surface area contributed by atoms with Gasteiger partial charge in [-0.2, -0.15) is 0 Å². The van der Waals surface area contributed by atoms with Gasteiger partial charge in [-0.15, -0.1) is 0 Å². The Hall–Kier alpha value is -3.35. The molecule has 3 rings (SSSR count). The van der Waals surface area contributed by atoms with Crippen molar-refractivity contribution in [3.8, 4) is 5.75 Å². The number of hydrogen-bond donors (Lipinski definition) is 2. The van der Waals surface area contributed by atoms with Crippen LogP contribution in [0.5, 0.6) is 5.75 Å². The van der Waals surface area contributed by atoms with Gasteiger partial charge in [0.25, 0.3) is 5.91 Å². The van der Waals surface area contributed by atoms with Crippen LogP contribution in [-0.4, -0.2) is 48.9 Å². The summed E-state index contributed by atoms with van der Waals surface area (Å²) < 4.78 is 5.41. The number of likely N-dealkylation sites (tertiary alicyclic amines) is 1. The Labute approximate surface area is 176 Å². The molecule has 0 spiro atoms. The van der Waals surface area contributed by atoms with Crippen molar-refractivity contribution in [2.24, 2.45) is 5.92 Å². The molecule has 7 heteroatoms. The molecule has 30 heavy (non-hydrogen) atoms. The SMILES string of the molecule is Cc1ccc(OCC(=O)NCCNC(=O)C2CC(=O)N(Cc3ccccc3)C2)cc1. The van der Waals surface area contributed by atoms with Crippen molar-refractivity contribution in [2.75, 3.05) is 26.2 Å². The summed E-state index contributed by atoms with van der Waals surface area (Å²) in [7, 11) is 0. The van der Waals surface area contributed by atoms with Crippen LogP contribution in [-0.2, 0) is 20.9 Å². The molecule has 2 aromatic rings. The summed E-state index contributed by atoms with van der Waals surface area (Å²) in [4.78, 5) is 38.1. The predicted molar refractivity (Wildman–Crippen MR) is 113 cm³/mol. The van der Waals surface area contributed by atoms with Crippen LogP contribution in [0.3, 0.4) is 0 Å². The molecule has 0 saturated carbocycles. The van der Waals surface area contributed by atoms with E-state index >= 15 is 0 Å². The molecule has 1 atom stereocenters. The number of benzene rings is 2. The fourth-order valence-corrected chi connectivity index (χ4v) is 3.27. The zero-order valence-electron chi connectivity index (χ0n) is 17.1. The van der Waals surface area contributed by atoms with Crippen LogP contribution >= 0.6 is 0 Å². The highest BCUT2D eigenvalue weighted by atomic mass is 16.5. The maximum Gasteiger partial charge on any atom is 0.258 e. The summed E-state index contributed by atoms with van der Waals surface area (Å²) >= 11 is 0. The van der Waals surface area contributed by atoms with Crippen LogP contribution in [0.4, 0.5) is 0 Å². The number of carbonyl (C=O) groups excluding carboxylic acids is 3. The van der Waals surface area contributed by atoms with E-state index in [4.69, 9.17) is 4.74 Å². The number of rotatable bonds is 9. The lowest BCUT2D eigenvalue weighted by Gasteiger charge is -2.16. The average Bonchev–Trinajstić information content (AvgIpc) is 3.12. The molecular weight excluding hydrogens is 382 g/mol. The Kier molecular flexibility index (Phi) is 7.43. The Balaban J connectivity index is 1.32. The summed E-state index contributed by atoms with van der Waals surface area (Å²) in [5.41, 5.74) is 2.16. The van der Waals surface area contributed by atoms with Gasteiger partial charge in [0.15, 0.2) is 6.61 Å². The smallest absolute Gasteiger partial charge is 0.258 e. The summed E-state index contributed by atoms with van der Waals surface area (Å²) in [5, 5.41) is 5.50. The second kappa shape index (κ2) is 10.4. The predicted octanol–water partition coefficient (Wildman–Crippen LogP) is 1.65. The molecule has 0 aliphatic carbocycles. The minimum absolute atomic E-state index is 0.0134. The molecule has 2 aromatic carbocycles. The van der Waals surface area contributed by atoms with Gasteiger partial charge in [-0.3, -0.25) is 14.4 Å². The summed E-state index contributed by atoms with van der Waals surface area (Å²) in [6, 6.07) is 17.2. The van der Waals surface area contributed by atoms with E-state index in [1.165, 1.54) is 0 Å². The molecule has 1 unspecified atom stereocenters. The summed E-state index contributed by atoms with van der Waals surface area (Å²) in [5.74, 6) is -0.156. The zero-order valence-corrected chi connectivity index (χ0v) is 17.1. The van der Waals surface area contributed by atoms with Crippen molar-refractivity contribution >= 4 is 17.7 Å². The molecule has 1 aliphatic heterocycles. The van der Waals surface area contributed by atoms with E-state index in [9.17, 15) is 14.4 Å². The maximum atomic E-state index is 12.3. The first-order chi connectivity index (χ1) is 14.5. The van der Waals surface area contributed by atoms with Crippen molar-refractivity contribution in [2.45, 2.75) is 19.9 Å². The monoisotopic (exact) mass is 409 g/mol. The minimum atomic E-state index is -0.359. The van der Waals surface area contributed by atoms with Gasteiger partial charge in [0.1, 0.15) is 5.75 Å². The van der Waals surface area contributed by atoms with Crippen LogP contribution < -0.4 is 15.4 Å². The number of amides is 3. The molecule has 1 fully saturated rings. The summed E-state index contributed by atoms with van der Waals surface area (Å²) in [6.07, 6.45) is 0.218. The molecule has 3 amide bonds. The average molecular weight is 409 g/mol. The van der Waals surface area contributed by atoms with E-state index in [0.717, 1.165) is 11.1 Å². The lowest BCUT2D eigenvalue weighted by atomic mass is 10.1. The van der Waals surface area contributed by atoms with E-state index in [-0.39, 0.29) is 36.7 Å². The third kappa shape index (κ3) is 6.34. The van der Waals surface area contributed by atoms with Gasteiger partial charge in [0.2, 0.25) is 11.8 Å². The quantitative estimate of drug-likeness (QED) is 0.617. The van der Waals surface area contributed by atoms with E-state index in [0.29, 0.717) is 31.9 Å². The third-order valence-electron chi connectivity index (χ3n) is 4.94. The lowest BCUT2D eigenvalue weighted by molar-refractivity contribution is -0.129. The molecule has 1 saturated heterocycles. The first-order valence-electron chi connectivity index (χ1n) is 10.1. The highest BCUT2D eigenvalue weighted by Gasteiger charge is 2.33. The molecule has 1 aliphatic rings. The normalized spacial score (nSPS) is 15.7. The third-order valence-corrected chi connectivity index (χ3v) is 4.94. The second-order valence-electron chi connectivity index (χ2n) is 7.40. The first-order valence-corrected chi connectivity index (χ1v) is 10.1. The number of hydrogen-bond acceptors (Lipinski definition) is 4. The topological polar surface area (TPSA) is 87.7 Å². The van der Waals surface area contributed by atoms with Crippen molar-refractivity contribution in [1.82, 2.24) is 15.5 Å². The Morgan fingerprint density at radius 1 is 1.03 bits per heavy atom. The van der Waals surface area contributed by atoms with Gasteiger partial charge >= 0.3 is 0 Å².